The van der Waals surface area contributed by atoms with E-state index in [4.69, 9.17) is 10.5 Å². The van der Waals surface area contributed by atoms with Crippen LogP contribution in [0, 0.1) is 5.92 Å². The molecule has 0 saturated carbocycles. The highest BCUT2D eigenvalue weighted by Crippen LogP contribution is 2.31. The Kier molecular flexibility index (Phi) is 5.71. The van der Waals surface area contributed by atoms with Crippen molar-refractivity contribution >= 4 is 17.8 Å². The van der Waals surface area contributed by atoms with Gasteiger partial charge in [-0.25, -0.2) is 14.7 Å². The molecule has 2 aromatic rings. The number of ether oxygens (including phenoxy) is 1. The van der Waals surface area contributed by atoms with Gasteiger partial charge >= 0.3 is 6.03 Å². The number of aromatic nitrogens is 1. The average Bonchev–Trinajstić information content (AvgIpc) is 2.66. The van der Waals surface area contributed by atoms with Crippen molar-refractivity contribution in [2.45, 2.75) is 32.5 Å². The standard InChI is InChI=1S/C20H24N4O3/c1-3-27-19-16(11-14-9-10-22-17(21)12-14)18(25)24(19)20(26)23-13(2)15-7-5-4-6-8-15/h4-10,12-13,16,19H,3,11H2,1-2H3,(H2,21,22)(H,23,26)/t13-,16?,19-/m1/s1. The van der Waals surface area contributed by atoms with Gasteiger partial charge in [-0.1, -0.05) is 30.3 Å². The Balaban J connectivity index is 1.68. The summed E-state index contributed by atoms with van der Waals surface area (Å²) in [5, 5.41) is 2.87. The molecular weight excluding hydrogens is 344 g/mol. The van der Waals surface area contributed by atoms with E-state index in [1.807, 2.05) is 50.2 Å². The number of carbonyl (C=O) groups excluding carboxylic acids is 2. The first-order valence-electron chi connectivity index (χ1n) is 9.01. The molecular formula is C20H24N4O3. The largest absolute Gasteiger partial charge is 0.384 e. The minimum absolute atomic E-state index is 0.215. The normalized spacial score (nSPS) is 20.1. The second-order valence-corrected chi connectivity index (χ2v) is 6.54. The average molecular weight is 368 g/mol. The molecule has 0 radical (unpaired) electrons. The highest BCUT2D eigenvalue weighted by atomic mass is 16.5. The molecule has 1 aromatic heterocycles. The number of likely N-dealkylation sites (tertiary alicyclic amines) is 1. The molecule has 0 spiro atoms. The van der Waals surface area contributed by atoms with Gasteiger partial charge in [-0.05, 0) is 43.5 Å². The van der Waals surface area contributed by atoms with Crippen LogP contribution in [0.25, 0.3) is 0 Å². The van der Waals surface area contributed by atoms with E-state index in [-0.39, 0.29) is 11.9 Å². The zero-order valence-electron chi connectivity index (χ0n) is 15.5. The smallest absolute Gasteiger partial charge is 0.326 e. The summed E-state index contributed by atoms with van der Waals surface area (Å²) in [6, 6.07) is 12.5. The number of rotatable bonds is 6. The number of nitrogens with two attached hydrogens (primary N) is 1. The van der Waals surface area contributed by atoms with Gasteiger partial charge < -0.3 is 15.8 Å². The predicted octanol–water partition coefficient (Wildman–Crippen LogP) is 2.50. The van der Waals surface area contributed by atoms with Crippen molar-refractivity contribution in [1.82, 2.24) is 15.2 Å². The lowest BCUT2D eigenvalue weighted by Crippen LogP contribution is -2.66. The van der Waals surface area contributed by atoms with Crippen LogP contribution in [0.5, 0.6) is 0 Å². The molecule has 27 heavy (non-hydrogen) atoms. The summed E-state index contributed by atoms with van der Waals surface area (Å²) in [4.78, 5) is 30.4. The Labute approximate surface area is 158 Å². The van der Waals surface area contributed by atoms with Crippen molar-refractivity contribution in [2.75, 3.05) is 12.3 Å². The number of nitrogens with zero attached hydrogens (tertiary/aromatic N) is 2. The lowest BCUT2D eigenvalue weighted by Gasteiger charge is -2.45. The fraction of sp³-hybridized carbons (Fsp3) is 0.350. The first-order chi connectivity index (χ1) is 13.0. The zero-order valence-corrected chi connectivity index (χ0v) is 15.5. The summed E-state index contributed by atoms with van der Waals surface area (Å²) in [6.45, 7) is 4.13. The van der Waals surface area contributed by atoms with E-state index in [0.717, 1.165) is 16.0 Å². The summed E-state index contributed by atoms with van der Waals surface area (Å²) < 4.78 is 5.68. The molecule has 142 valence electrons. The molecule has 3 rings (SSSR count). The van der Waals surface area contributed by atoms with Crippen molar-refractivity contribution in [2.24, 2.45) is 5.92 Å². The van der Waals surface area contributed by atoms with Crippen LogP contribution in [0.3, 0.4) is 0 Å². The number of nitrogen functional groups attached to an aromatic ring is 1. The van der Waals surface area contributed by atoms with Crippen LogP contribution in [0.1, 0.15) is 31.0 Å². The summed E-state index contributed by atoms with van der Waals surface area (Å²) >= 11 is 0. The van der Waals surface area contributed by atoms with E-state index < -0.39 is 18.2 Å². The van der Waals surface area contributed by atoms with Gasteiger partial charge in [0, 0.05) is 12.8 Å². The molecule has 7 heteroatoms. The molecule has 1 aliphatic heterocycles. The number of anilines is 1. The van der Waals surface area contributed by atoms with Gasteiger partial charge in [-0.2, -0.15) is 0 Å². The van der Waals surface area contributed by atoms with E-state index in [0.29, 0.717) is 18.8 Å². The van der Waals surface area contributed by atoms with Gasteiger partial charge in [0.1, 0.15) is 5.82 Å². The molecule has 1 fully saturated rings. The summed E-state index contributed by atoms with van der Waals surface area (Å²) in [5.74, 6) is -0.260. The minimum Gasteiger partial charge on any atom is -0.384 e. The summed E-state index contributed by atoms with van der Waals surface area (Å²) in [5.41, 5.74) is 7.57. The lowest BCUT2D eigenvalue weighted by molar-refractivity contribution is -0.180. The maximum Gasteiger partial charge on any atom is 0.326 e. The molecule has 0 bridgehead atoms. The van der Waals surface area contributed by atoms with Gasteiger partial charge in [0.25, 0.3) is 0 Å². The summed E-state index contributed by atoms with van der Waals surface area (Å²) in [6.07, 6.45) is 1.48. The highest BCUT2D eigenvalue weighted by molar-refractivity contribution is 6.01. The van der Waals surface area contributed by atoms with Crippen LogP contribution in [-0.4, -0.2) is 34.7 Å². The van der Waals surface area contributed by atoms with Crippen molar-refractivity contribution in [3.05, 3.63) is 59.8 Å². The second-order valence-electron chi connectivity index (χ2n) is 6.54. The Bertz CT molecular complexity index is 812. The van der Waals surface area contributed by atoms with E-state index >= 15 is 0 Å². The maximum atomic E-state index is 12.6. The Morgan fingerprint density at radius 1 is 1.33 bits per heavy atom. The van der Waals surface area contributed by atoms with Crippen molar-refractivity contribution in [3.63, 3.8) is 0 Å². The number of imide groups is 1. The number of hydrogen-bond donors (Lipinski definition) is 2. The fourth-order valence-corrected chi connectivity index (χ4v) is 3.24. The van der Waals surface area contributed by atoms with Crippen molar-refractivity contribution in [3.8, 4) is 0 Å². The molecule has 0 aliphatic carbocycles. The molecule has 3 atom stereocenters. The molecule has 3 amide bonds. The zero-order chi connectivity index (χ0) is 19.4. The van der Waals surface area contributed by atoms with Gasteiger partial charge in [-0.15, -0.1) is 0 Å². The monoisotopic (exact) mass is 368 g/mol. The Hall–Kier alpha value is -2.93. The fourth-order valence-electron chi connectivity index (χ4n) is 3.24. The molecule has 1 aliphatic rings. The first-order valence-corrected chi connectivity index (χ1v) is 9.01. The lowest BCUT2D eigenvalue weighted by atomic mass is 9.89. The number of nitrogens with one attached hydrogen (secondary N) is 1. The van der Waals surface area contributed by atoms with Gasteiger partial charge in [0.2, 0.25) is 5.91 Å². The highest BCUT2D eigenvalue weighted by Gasteiger charge is 2.51. The van der Waals surface area contributed by atoms with Gasteiger partial charge in [0.15, 0.2) is 6.23 Å². The van der Waals surface area contributed by atoms with Crippen LogP contribution in [0.15, 0.2) is 48.7 Å². The predicted molar refractivity (Wildman–Crippen MR) is 101 cm³/mol. The Morgan fingerprint density at radius 2 is 2.07 bits per heavy atom. The number of hydrogen-bond acceptors (Lipinski definition) is 5. The quantitative estimate of drug-likeness (QED) is 0.764. The van der Waals surface area contributed by atoms with Crippen LogP contribution >= 0.6 is 0 Å². The van der Waals surface area contributed by atoms with Crippen molar-refractivity contribution in [1.29, 1.82) is 0 Å². The van der Waals surface area contributed by atoms with E-state index in [9.17, 15) is 9.59 Å². The van der Waals surface area contributed by atoms with Crippen LogP contribution in [-0.2, 0) is 16.0 Å². The third-order valence-electron chi connectivity index (χ3n) is 4.65. The third kappa shape index (κ3) is 4.09. The SMILES string of the molecule is CCO[C@@H]1C(Cc2ccnc(N)c2)C(=O)N1C(=O)N[C@H](C)c1ccccc1. The number of amides is 3. The second kappa shape index (κ2) is 8.18. The Morgan fingerprint density at radius 3 is 2.74 bits per heavy atom. The third-order valence-corrected chi connectivity index (χ3v) is 4.65. The molecule has 3 N–H and O–H groups in total. The first kappa shape index (κ1) is 18.8. The molecule has 1 unspecified atom stereocenters. The molecule has 1 aromatic carbocycles. The molecule has 2 heterocycles. The van der Waals surface area contributed by atoms with E-state index in [1.165, 1.54) is 0 Å². The van der Waals surface area contributed by atoms with Gasteiger partial charge in [-0.3, -0.25) is 4.79 Å². The molecule has 1 saturated heterocycles. The van der Waals surface area contributed by atoms with Crippen LogP contribution in [0.4, 0.5) is 10.6 Å². The van der Waals surface area contributed by atoms with E-state index in [2.05, 4.69) is 10.3 Å². The minimum atomic E-state index is -0.583. The maximum absolute atomic E-state index is 12.6. The number of urea groups is 1. The molecule has 7 nitrogen and oxygen atoms in total. The van der Waals surface area contributed by atoms with Crippen molar-refractivity contribution < 1.29 is 14.3 Å². The summed E-state index contributed by atoms with van der Waals surface area (Å²) in [7, 11) is 0. The van der Waals surface area contributed by atoms with E-state index in [1.54, 1.807) is 12.3 Å². The topological polar surface area (TPSA) is 97.6 Å². The number of benzene rings is 1. The number of pyridine rings is 1. The van der Waals surface area contributed by atoms with Gasteiger partial charge in [0.05, 0.1) is 12.0 Å². The number of β-lactam (4-membered cyclic amide) rings is 1. The number of carbonyl (C=O) groups is 2. The van der Waals surface area contributed by atoms with Crippen LogP contribution < -0.4 is 11.1 Å². The van der Waals surface area contributed by atoms with Crippen LogP contribution in [0.2, 0.25) is 0 Å².